The molecule has 2 rings (SSSR count). The van der Waals surface area contributed by atoms with Crippen molar-refractivity contribution < 1.29 is 23.1 Å². The van der Waals surface area contributed by atoms with E-state index in [2.05, 4.69) is 60.4 Å². The van der Waals surface area contributed by atoms with Gasteiger partial charge in [0.2, 0.25) is 0 Å². The molecule has 0 saturated carbocycles. The minimum Gasteiger partial charge on any atom is -0.417 e. The van der Waals surface area contributed by atoms with Crippen LogP contribution >= 0.6 is 0 Å². The molecule has 0 aromatic carbocycles. The average molecular weight is 503 g/mol. The summed E-state index contributed by atoms with van der Waals surface area (Å²) in [7, 11) is -2.65. The fraction of sp³-hybridized carbons (Fsp3) is 0.818. The molecule has 0 unspecified atom stereocenters. The maximum atomic E-state index is 12.4. The van der Waals surface area contributed by atoms with Crippen LogP contribution in [0.3, 0.4) is 0 Å². The Hall–Kier alpha value is -1.09. The van der Waals surface area contributed by atoms with Gasteiger partial charge in [-0.1, -0.05) is 55.4 Å². The van der Waals surface area contributed by atoms with Crippen molar-refractivity contribution in [1.82, 2.24) is 9.55 Å². The molecule has 2 heterocycles. The molecule has 0 amide bonds. The van der Waals surface area contributed by atoms with Crippen molar-refractivity contribution in [2.45, 2.75) is 102 Å². The van der Waals surface area contributed by atoms with E-state index in [4.69, 9.17) is 18.0 Å². The monoisotopic (exact) mass is 502 g/mol. The van der Waals surface area contributed by atoms with Crippen LogP contribution in [0.4, 0.5) is 0 Å². The van der Waals surface area contributed by atoms with E-state index in [1.807, 2.05) is 0 Å². The summed E-state index contributed by atoms with van der Waals surface area (Å²) < 4.78 is 26.4. The molecule has 1 saturated heterocycles. The van der Waals surface area contributed by atoms with Gasteiger partial charge in [-0.15, -0.1) is 0 Å². The Balaban J connectivity index is 2.41. The molecule has 1 aliphatic heterocycles. The van der Waals surface area contributed by atoms with Crippen LogP contribution in [0.1, 0.15) is 61.6 Å². The third kappa shape index (κ3) is 6.13. The number of aromatic amines is 1. The van der Waals surface area contributed by atoms with Crippen LogP contribution in [0.5, 0.6) is 0 Å². The van der Waals surface area contributed by atoms with E-state index in [0.717, 1.165) is 0 Å². The average Bonchev–Trinajstić information content (AvgIpc) is 3.00. The Bertz CT molecular complexity index is 855. The van der Waals surface area contributed by atoms with Crippen molar-refractivity contribution in [3.8, 4) is 0 Å². The quantitative estimate of drug-likeness (QED) is 0.447. The highest BCUT2D eigenvalue weighted by atomic mass is 28.4. The standard InChI is InChI=1S/C22H42N2O7Si2/c1-13(2)32(14(3)4)29-12-17-20(31-33(28-9,15(5)6)16(7)8)19(26)21(30-17)24-11-10-18(25)23-22(24)27/h10-11,13-17,19-21,26,32H,12H2,1-9H3,(H,23,25,27)/t17-,19-,20-,21-/m1/s1. The molecule has 190 valence electrons. The van der Waals surface area contributed by atoms with Crippen LogP contribution in [-0.4, -0.2) is 64.3 Å². The van der Waals surface area contributed by atoms with Crippen molar-refractivity contribution in [2.75, 3.05) is 13.7 Å². The number of nitrogens with zero attached hydrogens (tertiary/aromatic N) is 1. The van der Waals surface area contributed by atoms with Crippen LogP contribution in [0.15, 0.2) is 21.9 Å². The Labute approximate surface area is 199 Å². The molecule has 9 nitrogen and oxygen atoms in total. The first-order valence-corrected chi connectivity index (χ1v) is 15.6. The highest BCUT2D eigenvalue weighted by Gasteiger charge is 2.53. The summed E-state index contributed by atoms with van der Waals surface area (Å²) >= 11 is 0. The van der Waals surface area contributed by atoms with Gasteiger partial charge in [-0.3, -0.25) is 14.3 Å². The zero-order valence-corrected chi connectivity index (χ0v) is 23.6. The van der Waals surface area contributed by atoms with Crippen LogP contribution in [0.2, 0.25) is 22.2 Å². The number of aromatic nitrogens is 2. The predicted octanol–water partition coefficient (Wildman–Crippen LogP) is 2.65. The number of ether oxygens (including phenoxy) is 1. The lowest BCUT2D eigenvalue weighted by molar-refractivity contribution is -0.0526. The first-order valence-electron chi connectivity index (χ1n) is 11.8. The normalized spacial score (nSPS) is 24.2. The number of rotatable bonds is 11. The third-order valence-corrected chi connectivity index (χ3v) is 14.2. The molecule has 4 atom stereocenters. The molecule has 1 fully saturated rings. The van der Waals surface area contributed by atoms with Crippen molar-refractivity contribution >= 4 is 17.6 Å². The summed E-state index contributed by atoms with van der Waals surface area (Å²) in [6.45, 7) is 17.2. The van der Waals surface area contributed by atoms with Gasteiger partial charge in [0.15, 0.2) is 15.3 Å². The number of hydrogen-bond donors (Lipinski definition) is 2. The molecule has 2 N–H and O–H groups in total. The maximum absolute atomic E-state index is 12.4. The van der Waals surface area contributed by atoms with Gasteiger partial charge < -0.3 is 23.1 Å². The molecule has 1 aromatic heterocycles. The minimum atomic E-state index is -2.76. The predicted molar refractivity (Wildman–Crippen MR) is 132 cm³/mol. The van der Waals surface area contributed by atoms with Gasteiger partial charge in [-0.2, -0.15) is 0 Å². The molecule has 0 radical (unpaired) electrons. The molecular formula is C22H42N2O7Si2. The Morgan fingerprint density at radius 2 is 1.70 bits per heavy atom. The van der Waals surface area contributed by atoms with E-state index in [1.165, 1.54) is 16.8 Å². The molecule has 1 aromatic rings. The minimum absolute atomic E-state index is 0.125. The van der Waals surface area contributed by atoms with Gasteiger partial charge >= 0.3 is 14.3 Å². The Morgan fingerprint density at radius 1 is 1.12 bits per heavy atom. The van der Waals surface area contributed by atoms with Crippen LogP contribution in [-0.2, 0) is 18.0 Å². The van der Waals surface area contributed by atoms with E-state index >= 15 is 0 Å². The molecule has 0 bridgehead atoms. The van der Waals surface area contributed by atoms with Crippen molar-refractivity contribution in [3.05, 3.63) is 33.1 Å². The Morgan fingerprint density at radius 3 is 2.15 bits per heavy atom. The SMILES string of the molecule is CO[Si](O[C@H]1[C@@H](O)[C@H](n2ccc(=O)[nH]c2=O)O[C@@H]1CO[SiH](C(C)C)C(C)C)(C(C)C)C(C)C. The first-order chi connectivity index (χ1) is 15.3. The van der Waals surface area contributed by atoms with Gasteiger partial charge in [0.05, 0.1) is 6.61 Å². The van der Waals surface area contributed by atoms with Crippen molar-refractivity contribution in [1.29, 1.82) is 0 Å². The number of hydrogen-bond acceptors (Lipinski definition) is 7. The van der Waals surface area contributed by atoms with E-state index in [0.29, 0.717) is 11.1 Å². The molecule has 33 heavy (non-hydrogen) atoms. The summed E-state index contributed by atoms with van der Waals surface area (Å²) in [4.78, 5) is 26.2. The first kappa shape index (κ1) is 28.2. The van der Waals surface area contributed by atoms with Crippen molar-refractivity contribution in [2.24, 2.45) is 0 Å². The van der Waals surface area contributed by atoms with Gasteiger partial charge in [-0.05, 0) is 22.2 Å². The second-order valence-corrected chi connectivity index (χ2v) is 18.5. The molecular weight excluding hydrogens is 460 g/mol. The van der Waals surface area contributed by atoms with Crippen LogP contribution < -0.4 is 11.2 Å². The highest BCUT2D eigenvalue weighted by molar-refractivity contribution is 6.70. The van der Waals surface area contributed by atoms with Crippen LogP contribution in [0, 0.1) is 0 Å². The number of aliphatic hydroxyl groups excluding tert-OH is 1. The van der Waals surface area contributed by atoms with Crippen molar-refractivity contribution in [3.63, 3.8) is 0 Å². The molecule has 11 heteroatoms. The van der Waals surface area contributed by atoms with Gasteiger partial charge in [0.1, 0.15) is 18.3 Å². The summed E-state index contributed by atoms with van der Waals surface area (Å²) in [5.74, 6) is 0. The summed E-state index contributed by atoms with van der Waals surface area (Å²) in [6, 6.07) is 1.23. The number of nitrogens with one attached hydrogen (secondary N) is 1. The molecule has 0 aliphatic carbocycles. The molecule has 1 aliphatic rings. The lowest BCUT2D eigenvalue weighted by atomic mass is 10.1. The topological polar surface area (TPSA) is 112 Å². The maximum Gasteiger partial charge on any atom is 0.343 e. The van der Waals surface area contributed by atoms with Crippen LogP contribution in [0.25, 0.3) is 0 Å². The lowest BCUT2D eigenvalue weighted by Gasteiger charge is -2.40. The highest BCUT2D eigenvalue weighted by Crippen LogP contribution is 2.40. The fourth-order valence-corrected chi connectivity index (χ4v) is 11.2. The van der Waals surface area contributed by atoms with Gasteiger partial charge in [-0.25, -0.2) is 4.79 Å². The zero-order chi connectivity index (χ0) is 25.1. The van der Waals surface area contributed by atoms with Gasteiger partial charge in [0.25, 0.3) is 5.56 Å². The molecule has 0 spiro atoms. The number of H-pyrrole nitrogens is 1. The lowest BCUT2D eigenvalue weighted by Crippen LogP contribution is -2.54. The summed E-state index contributed by atoms with van der Waals surface area (Å²) in [5, 5.41) is 11.3. The largest absolute Gasteiger partial charge is 0.417 e. The third-order valence-electron chi connectivity index (χ3n) is 6.45. The zero-order valence-electron chi connectivity index (χ0n) is 21.4. The van der Waals surface area contributed by atoms with E-state index < -0.39 is 53.4 Å². The second-order valence-electron chi connectivity index (χ2n) is 10.2. The summed E-state index contributed by atoms with van der Waals surface area (Å²) in [5.41, 5.74) is -0.0331. The van der Waals surface area contributed by atoms with E-state index in [-0.39, 0.29) is 17.7 Å². The van der Waals surface area contributed by atoms with Gasteiger partial charge in [0, 0.05) is 19.4 Å². The Kier molecular flexibility index (Phi) is 9.86. The summed E-state index contributed by atoms with van der Waals surface area (Å²) in [6.07, 6.45) is -2.13. The van der Waals surface area contributed by atoms with E-state index in [9.17, 15) is 14.7 Å². The second kappa shape index (κ2) is 11.6. The fourth-order valence-electron chi connectivity index (χ4n) is 4.89. The number of aliphatic hydroxyl groups is 1. The smallest absolute Gasteiger partial charge is 0.343 e. The van der Waals surface area contributed by atoms with E-state index in [1.54, 1.807) is 7.11 Å².